The summed E-state index contributed by atoms with van der Waals surface area (Å²) in [6, 6.07) is -0.675. The van der Waals surface area contributed by atoms with Gasteiger partial charge in [0.25, 0.3) is 5.91 Å². The van der Waals surface area contributed by atoms with Crippen LogP contribution in [0.25, 0.3) is 0 Å². The summed E-state index contributed by atoms with van der Waals surface area (Å²) in [4.78, 5) is 32.8. The molecule has 0 spiro atoms. The molecule has 200 valence electrons. The van der Waals surface area contributed by atoms with Crippen molar-refractivity contribution in [1.82, 2.24) is 5.32 Å². The number of carbonyl (C=O) groups excluding carboxylic acids is 3. The van der Waals surface area contributed by atoms with Crippen LogP contribution in [0.15, 0.2) is 72.9 Å². The summed E-state index contributed by atoms with van der Waals surface area (Å²) < 4.78 is 0. The van der Waals surface area contributed by atoms with Gasteiger partial charge in [-0.15, -0.1) is 11.8 Å². The van der Waals surface area contributed by atoms with E-state index in [4.69, 9.17) is 0 Å². The van der Waals surface area contributed by atoms with Crippen LogP contribution in [-0.2, 0) is 14.4 Å². The Kier molecular flexibility index (Phi) is 20.8. The van der Waals surface area contributed by atoms with Crippen LogP contribution >= 0.6 is 11.8 Å². The summed E-state index contributed by atoms with van der Waals surface area (Å²) in [5.41, 5.74) is 3.78. The molecule has 0 aliphatic rings. The zero-order valence-electron chi connectivity index (χ0n) is 20.9. The molecule has 0 radical (unpaired) electrons. The average Bonchev–Trinajstić information content (AvgIpc) is 2.84. The highest BCUT2D eigenvalue weighted by Gasteiger charge is 2.22. The van der Waals surface area contributed by atoms with Crippen LogP contribution in [0.5, 0.6) is 0 Å². The smallest absolute Gasteiger partial charge is 0.279 e. The molecule has 0 bridgehead atoms. The normalized spacial score (nSPS) is 15.1. The Labute approximate surface area is 218 Å². The molecule has 8 nitrogen and oxygen atoms in total. The summed E-state index contributed by atoms with van der Waals surface area (Å²) in [5, 5.41) is 33.5. The van der Waals surface area contributed by atoms with Gasteiger partial charge in [0.15, 0.2) is 6.04 Å². The molecule has 5 N–H and O–H groups in total. The van der Waals surface area contributed by atoms with Crippen molar-refractivity contribution >= 4 is 29.6 Å². The van der Waals surface area contributed by atoms with E-state index in [2.05, 4.69) is 30.1 Å². The van der Waals surface area contributed by atoms with Crippen LogP contribution in [0.2, 0.25) is 0 Å². The van der Waals surface area contributed by atoms with Gasteiger partial charge >= 0.3 is 0 Å². The Balaban J connectivity index is 4.85. The van der Waals surface area contributed by atoms with Gasteiger partial charge in [-0.1, -0.05) is 79.8 Å². The van der Waals surface area contributed by atoms with E-state index < -0.39 is 36.5 Å². The monoisotopic (exact) mass is 519 g/mol. The Morgan fingerprint density at radius 1 is 0.917 bits per heavy atom. The molecule has 1 amide bonds. The summed E-state index contributed by atoms with van der Waals surface area (Å²) in [6.07, 6.45) is 25.6. The highest BCUT2D eigenvalue weighted by atomic mass is 32.2. The highest BCUT2D eigenvalue weighted by molar-refractivity contribution is 8.00. The van der Waals surface area contributed by atoms with Crippen molar-refractivity contribution in [3.8, 4) is 0 Å². The molecular weight excluding hydrogens is 480 g/mol. The van der Waals surface area contributed by atoms with E-state index in [-0.39, 0.29) is 11.7 Å². The van der Waals surface area contributed by atoms with E-state index in [1.54, 1.807) is 6.08 Å². The highest BCUT2D eigenvalue weighted by Crippen LogP contribution is 2.20. The lowest BCUT2D eigenvalue weighted by atomic mass is 10.1. The van der Waals surface area contributed by atoms with Gasteiger partial charge in [0.05, 0.1) is 24.4 Å². The van der Waals surface area contributed by atoms with Gasteiger partial charge < -0.3 is 36.0 Å². The first-order chi connectivity index (χ1) is 17.3. The first-order valence-corrected chi connectivity index (χ1v) is 13.1. The van der Waals surface area contributed by atoms with Gasteiger partial charge in [0, 0.05) is 11.2 Å². The maximum atomic E-state index is 12.0. The number of amides is 1. The third-order valence-electron chi connectivity index (χ3n) is 4.59. The molecule has 0 fully saturated rings. The van der Waals surface area contributed by atoms with Crippen LogP contribution in [-0.4, -0.2) is 52.6 Å². The minimum Gasteiger partial charge on any atom is -0.550 e. The fourth-order valence-electron chi connectivity index (χ4n) is 2.66. The number of hydrogen-bond donors (Lipinski definition) is 3. The predicted octanol–water partition coefficient (Wildman–Crippen LogP) is 0.373. The quantitative estimate of drug-likeness (QED) is 0.155. The number of hydrogen-bond acceptors (Lipinski definition) is 7. The van der Waals surface area contributed by atoms with Crippen molar-refractivity contribution < 1.29 is 35.4 Å². The predicted molar refractivity (Wildman–Crippen MR) is 140 cm³/mol. The van der Waals surface area contributed by atoms with Crippen molar-refractivity contribution in [2.75, 3.05) is 12.3 Å². The van der Waals surface area contributed by atoms with Gasteiger partial charge in [-0.25, -0.2) is 0 Å². The standard InChI is InChI=1S/C27H40N2O6S/c1-2-3-4-5-11-14-17-23(30)24(36-21-22(28)27(35)29-20-26(33)34)18-15-12-9-7-6-8-10-13-16-19-25(31)32/h3-4,6-7,9-15,18,22-24,30H,2,5,8,16-17,19-21,28H2,1H3,(H,29,35)(H,31,32)(H,33,34)/p-1/b4-3-,7-6-,12-9+,13-10-,14-11-,18-15+/t22-,23-,24+/m0/s1. The number of thioether (sulfide) groups is 1. The Morgan fingerprint density at radius 2 is 1.58 bits per heavy atom. The van der Waals surface area contributed by atoms with Crippen LogP contribution < -0.4 is 21.3 Å². The molecule has 0 aromatic heterocycles. The maximum Gasteiger partial charge on any atom is 0.279 e. The SMILES string of the molecule is CC/C=C\C/C=C\C[C@H](O)[C@@H](/C=C/C=C/C=C\C/C=C\CCC(=O)[O-])SC[C@H]([NH3+])C(=O)NCC(=O)[O-]. The molecule has 0 aromatic rings. The fourth-order valence-corrected chi connectivity index (χ4v) is 3.80. The molecule has 0 saturated heterocycles. The topological polar surface area (TPSA) is 157 Å². The van der Waals surface area contributed by atoms with E-state index in [0.717, 1.165) is 12.8 Å². The second-order valence-corrected chi connectivity index (χ2v) is 9.00. The number of nitrogens with one attached hydrogen (secondary N) is 1. The van der Waals surface area contributed by atoms with Crippen molar-refractivity contribution in [2.24, 2.45) is 0 Å². The van der Waals surface area contributed by atoms with Gasteiger partial charge in [-0.2, -0.15) is 0 Å². The third-order valence-corrected chi connectivity index (χ3v) is 6.04. The fraction of sp³-hybridized carbons (Fsp3) is 0.444. The van der Waals surface area contributed by atoms with E-state index in [0.29, 0.717) is 25.0 Å². The first kappa shape index (κ1) is 33.1. The van der Waals surface area contributed by atoms with Crippen LogP contribution in [0.3, 0.4) is 0 Å². The Morgan fingerprint density at radius 3 is 2.28 bits per heavy atom. The Hall–Kier alpha value is -2.88. The minimum atomic E-state index is -1.37. The lowest BCUT2D eigenvalue weighted by Gasteiger charge is -2.19. The number of carbonyl (C=O) groups is 3. The molecule has 0 heterocycles. The van der Waals surface area contributed by atoms with Crippen LogP contribution in [0, 0.1) is 0 Å². The lowest BCUT2D eigenvalue weighted by Crippen LogP contribution is -2.69. The molecule has 9 heteroatoms. The van der Waals surface area contributed by atoms with Gasteiger partial charge in [-0.3, -0.25) is 4.79 Å². The van der Waals surface area contributed by atoms with Crippen molar-refractivity contribution in [1.29, 1.82) is 0 Å². The summed E-state index contributed by atoms with van der Waals surface area (Å²) in [7, 11) is 0. The molecule has 0 aromatic carbocycles. The molecule has 36 heavy (non-hydrogen) atoms. The first-order valence-electron chi connectivity index (χ1n) is 12.0. The number of aliphatic carboxylic acids is 2. The number of carboxylic acids is 2. The largest absolute Gasteiger partial charge is 0.550 e. The summed E-state index contributed by atoms with van der Waals surface area (Å²) >= 11 is 1.38. The number of rotatable bonds is 20. The minimum absolute atomic E-state index is 0.0148. The number of aliphatic hydroxyl groups is 1. The average molecular weight is 520 g/mol. The third kappa shape index (κ3) is 20.5. The number of quaternary nitrogens is 1. The van der Waals surface area contributed by atoms with Crippen LogP contribution in [0.4, 0.5) is 0 Å². The zero-order valence-corrected chi connectivity index (χ0v) is 21.7. The van der Waals surface area contributed by atoms with E-state index in [1.165, 1.54) is 11.8 Å². The number of allylic oxidation sites excluding steroid dienone is 10. The van der Waals surface area contributed by atoms with E-state index >= 15 is 0 Å². The molecule has 3 atom stereocenters. The molecule has 0 saturated carbocycles. The number of aliphatic hydroxyl groups excluding tert-OH is 1. The summed E-state index contributed by atoms with van der Waals surface area (Å²) in [5.74, 6) is -2.60. The van der Waals surface area contributed by atoms with Gasteiger partial charge in [-0.05, 0) is 38.5 Å². The molecule has 0 aliphatic carbocycles. The van der Waals surface area contributed by atoms with E-state index in [9.17, 15) is 29.7 Å². The van der Waals surface area contributed by atoms with Crippen molar-refractivity contribution in [3.63, 3.8) is 0 Å². The van der Waals surface area contributed by atoms with Gasteiger partial charge in [0.2, 0.25) is 0 Å². The van der Waals surface area contributed by atoms with Crippen LogP contribution in [0.1, 0.15) is 45.4 Å². The second-order valence-electron chi connectivity index (χ2n) is 7.79. The zero-order chi connectivity index (χ0) is 27.0. The lowest BCUT2D eigenvalue weighted by molar-refractivity contribution is -0.396. The molecular formula is C27H39N2O6S-. The number of carboxylic acid groups (broad SMARTS) is 2. The molecule has 0 unspecified atom stereocenters. The maximum absolute atomic E-state index is 12.0. The Bertz CT molecular complexity index is 817. The van der Waals surface area contributed by atoms with Gasteiger partial charge in [0.1, 0.15) is 0 Å². The second kappa shape index (κ2) is 22.6. The molecule has 0 rings (SSSR count). The van der Waals surface area contributed by atoms with Crippen molar-refractivity contribution in [2.45, 2.75) is 62.8 Å². The summed E-state index contributed by atoms with van der Waals surface area (Å²) in [6.45, 7) is 1.50. The van der Waals surface area contributed by atoms with E-state index in [1.807, 2.05) is 54.7 Å². The molecule has 0 aliphatic heterocycles. The van der Waals surface area contributed by atoms with Crippen molar-refractivity contribution in [3.05, 3.63) is 72.9 Å².